The molecule has 0 bridgehead atoms. The lowest BCUT2D eigenvalue weighted by Gasteiger charge is -2.71. The number of carbonyl (C=O) groups is 1. The van der Waals surface area contributed by atoms with Gasteiger partial charge >= 0.3 is 5.97 Å². The van der Waals surface area contributed by atoms with Crippen LogP contribution >= 0.6 is 0 Å². The molecule has 8 fully saturated rings. The number of carbonyl (C=O) groups excluding carboxylic acids is 1. The van der Waals surface area contributed by atoms with E-state index in [1.54, 1.807) is 6.92 Å². The molecule has 4 saturated carbocycles. The normalized spacial score (nSPS) is 54.0. The molecule has 4 heterocycles. The highest BCUT2D eigenvalue weighted by Crippen LogP contribution is 2.75. The van der Waals surface area contributed by atoms with E-state index in [-0.39, 0.29) is 46.7 Å². The molecule has 27 atom stereocenters. The van der Waals surface area contributed by atoms with Crippen molar-refractivity contribution >= 4 is 5.97 Å². The number of aliphatic hydroxyl groups excluding tert-OH is 11. The van der Waals surface area contributed by atoms with Gasteiger partial charge in [0.25, 0.3) is 0 Å². The van der Waals surface area contributed by atoms with Crippen LogP contribution in [0.4, 0.5) is 0 Å². The van der Waals surface area contributed by atoms with Crippen molar-refractivity contribution < 1.29 is 98.9 Å². The van der Waals surface area contributed by atoms with Gasteiger partial charge in [0, 0.05) is 11.8 Å². The van der Waals surface area contributed by atoms with Crippen LogP contribution in [0.3, 0.4) is 0 Å². The van der Waals surface area contributed by atoms with Crippen LogP contribution in [0.2, 0.25) is 0 Å². The lowest BCUT2D eigenvalue weighted by Crippen LogP contribution is -2.66. The highest BCUT2D eigenvalue weighted by molar-refractivity contribution is 5.79. The van der Waals surface area contributed by atoms with E-state index in [2.05, 4.69) is 47.3 Å². The summed E-state index contributed by atoms with van der Waals surface area (Å²) in [5, 5.41) is 117. The van der Waals surface area contributed by atoms with Crippen molar-refractivity contribution in [3.8, 4) is 0 Å². The zero-order valence-electron chi connectivity index (χ0n) is 43.3. The zero-order chi connectivity index (χ0) is 53.1. The largest absolute Gasteiger partial charge is 0.432 e. The second kappa shape index (κ2) is 20.5. The van der Waals surface area contributed by atoms with Crippen LogP contribution < -0.4 is 0 Å². The Bertz CT molecular complexity index is 2040. The van der Waals surface area contributed by atoms with Gasteiger partial charge in [0.1, 0.15) is 73.2 Å². The van der Waals surface area contributed by atoms with Crippen LogP contribution in [0.5, 0.6) is 0 Å². The first-order valence-electron chi connectivity index (χ1n) is 26.8. The number of fused-ring (bicyclic) bond motifs is 7. The van der Waals surface area contributed by atoms with Crippen molar-refractivity contribution in [2.24, 2.45) is 50.7 Å². The zero-order valence-corrected chi connectivity index (χ0v) is 43.3. The maximum Gasteiger partial charge on any atom is 0.315 e. The molecule has 0 aromatic rings. The van der Waals surface area contributed by atoms with E-state index in [0.29, 0.717) is 32.1 Å². The number of rotatable bonds is 10. The standard InChI is InChI=1S/C53H84O20/c1-23-11-16-53(48(65)73-47-40(63)38(61)36(59)29(20-54)68-47)18-17-51(7)26(27(53)19-23)9-10-32-50(6)14-13-33(49(4,5)31(50)12-15-52(32,51)8)70-45-41(64)42(28(56)22-66-45)71-44-24(2)34(57)43(30(21-55)69-44)72-46-39(62)37(60)35(58)25(3)67-46/h9,24-25,27-47,54-64H,1,10-22H2,2-8H3/t24-,25+,27+,28+,29+,30-,31-,32-,33-,34-,35+,36+,37-,38-,39+,40+,41+,42-,43-,44+,45-,46-,47-,50+,51+,52+,53+/m1/s1. The van der Waals surface area contributed by atoms with Crippen molar-refractivity contribution in [1.29, 1.82) is 0 Å². The van der Waals surface area contributed by atoms with Gasteiger partial charge in [0.15, 0.2) is 18.9 Å². The molecule has 416 valence electrons. The van der Waals surface area contributed by atoms with E-state index in [4.69, 9.17) is 37.9 Å². The topological polar surface area (TPSA) is 313 Å². The van der Waals surface area contributed by atoms with E-state index < -0.39 is 147 Å². The van der Waals surface area contributed by atoms with Crippen LogP contribution in [0.1, 0.15) is 113 Å². The Morgan fingerprint density at radius 3 is 2.03 bits per heavy atom. The minimum atomic E-state index is -1.70. The van der Waals surface area contributed by atoms with Crippen LogP contribution in [0.25, 0.3) is 0 Å². The van der Waals surface area contributed by atoms with Crippen molar-refractivity contribution in [2.45, 2.75) is 229 Å². The summed E-state index contributed by atoms with van der Waals surface area (Å²) >= 11 is 0. The number of allylic oxidation sites excluding steroid dienone is 3. The highest BCUT2D eigenvalue weighted by Gasteiger charge is 2.70. The minimum Gasteiger partial charge on any atom is -0.432 e. The molecule has 0 spiro atoms. The summed E-state index contributed by atoms with van der Waals surface area (Å²) in [5.41, 5.74) is 0.445. The molecule has 9 rings (SSSR count). The summed E-state index contributed by atoms with van der Waals surface area (Å²) in [7, 11) is 0. The highest BCUT2D eigenvalue weighted by atomic mass is 16.8. The van der Waals surface area contributed by atoms with Gasteiger partial charge in [-0.05, 0) is 105 Å². The van der Waals surface area contributed by atoms with Gasteiger partial charge in [0.2, 0.25) is 6.29 Å². The van der Waals surface area contributed by atoms with E-state index >= 15 is 0 Å². The van der Waals surface area contributed by atoms with Crippen molar-refractivity contribution in [3.63, 3.8) is 0 Å². The molecule has 4 saturated heterocycles. The predicted molar refractivity (Wildman–Crippen MR) is 254 cm³/mol. The van der Waals surface area contributed by atoms with Crippen molar-refractivity contribution in [1.82, 2.24) is 0 Å². The SMILES string of the molecule is C=C1CC[C@]2(C(=O)O[C@H]3O[C@@H](CO)[C@H](O)[C@@H](O)[C@@H]3O)CC[C@@]3(C)C(=CC[C@@H]4[C@@]5(C)CC[C@@H](O[C@H]6OC[C@H](O)[C@@H](O[C@@H]7O[C@H](CO)[C@@H](O[C@H]8O[C@@H](C)[C@H](O)[C@@H](O)[C@@H]8O)[C@H](O)[C@H]7C)[C@@H]6O)C(C)(C)[C@H]5CC[C@@]43C)[C@@H]2C1. The van der Waals surface area contributed by atoms with E-state index in [0.717, 1.165) is 37.7 Å². The second-order valence-corrected chi connectivity index (χ2v) is 24.8. The fourth-order valence-electron chi connectivity index (χ4n) is 16.0. The van der Waals surface area contributed by atoms with Gasteiger partial charge in [-0.25, -0.2) is 0 Å². The van der Waals surface area contributed by atoms with Gasteiger partial charge in [-0.3, -0.25) is 4.79 Å². The van der Waals surface area contributed by atoms with E-state index in [1.807, 2.05) is 0 Å². The molecule has 20 heteroatoms. The smallest absolute Gasteiger partial charge is 0.315 e. The molecule has 20 nitrogen and oxygen atoms in total. The number of aliphatic hydroxyl groups is 11. The lowest BCUT2D eigenvalue weighted by molar-refractivity contribution is -0.369. The van der Waals surface area contributed by atoms with E-state index in [9.17, 15) is 61.0 Å². The summed E-state index contributed by atoms with van der Waals surface area (Å²) in [6, 6.07) is 0. The lowest BCUT2D eigenvalue weighted by atomic mass is 9.34. The molecule has 0 radical (unpaired) electrons. The number of ether oxygens (including phenoxy) is 8. The molecule has 5 aliphatic carbocycles. The van der Waals surface area contributed by atoms with Crippen molar-refractivity contribution in [2.75, 3.05) is 19.8 Å². The number of hydrogen-bond acceptors (Lipinski definition) is 20. The number of hydrogen-bond donors (Lipinski definition) is 11. The molecule has 0 aromatic carbocycles. The molecule has 4 aliphatic heterocycles. The quantitative estimate of drug-likeness (QED) is 0.0803. The second-order valence-electron chi connectivity index (χ2n) is 24.8. The van der Waals surface area contributed by atoms with E-state index in [1.165, 1.54) is 12.5 Å². The molecule has 73 heavy (non-hydrogen) atoms. The Balaban J connectivity index is 0.878. The molecular formula is C53H84O20. The third-order valence-electron chi connectivity index (χ3n) is 20.7. The molecule has 0 aromatic heterocycles. The average Bonchev–Trinajstić information content (AvgIpc) is 3.35. The van der Waals surface area contributed by atoms with Crippen molar-refractivity contribution in [3.05, 3.63) is 23.8 Å². The molecular weight excluding hydrogens is 957 g/mol. The minimum absolute atomic E-state index is 0.122. The fourth-order valence-corrected chi connectivity index (χ4v) is 16.0. The van der Waals surface area contributed by atoms with Crippen LogP contribution in [-0.4, -0.2) is 199 Å². The van der Waals surface area contributed by atoms with Gasteiger partial charge in [-0.15, -0.1) is 0 Å². The summed E-state index contributed by atoms with van der Waals surface area (Å²) in [5.74, 6) is -1.09. The maximum absolute atomic E-state index is 14.6. The molecule has 11 N–H and O–H groups in total. The maximum atomic E-state index is 14.6. The van der Waals surface area contributed by atoms with Gasteiger partial charge in [-0.1, -0.05) is 65.3 Å². The predicted octanol–water partition coefficient (Wildman–Crippen LogP) is 0.437. The first kappa shape index (κ1) is 56.0. The average molecular weight is 1040 g/mol. The summed E-state index contributed by atoms with van der Waals surface area (Å²) in [4.78, 5) is 14.6. The monoisotopic (exact) mass is 1040 g/mol. The van der Waals surface area contributed by atoms with Gasteiger partial charge in [-0.2, -0.15) is 0 Å². The van der Waals surface area contributed by atoms with Crippen LogP contribution in [0, 0.1) is 50.7 Å². The third kappa shape index (κ3) is 9.03. The number of esters is 1. The summed E-state index contributed by atoms with van der Waals surface area (Å²) in [6.45, 7) is 17.7. The Hall–Kier alpha value is -1.77. The summed E-state index contributed by atoms with van der Waals surface area (Å²) < 4.78 is 48.2. The Morgan fingerprint density at radius 2 is 1.33 bits per heavy atom. The van der Waals surface area contributed by atoms with Crippen LogP contribution in [-0.2, 0) is 42.7 Å². The summed E-state index contributed by atoms with van der Waals surface area (Å²) in [6.07, 6.45) is -15.8. The first-order valence-corrected chi connectivity index (χ1v) is 26.8. The molecule has 9 aliphatic rings. The first-order chi connectivity index (χ1) is 34.3. The van der Waals surface area contributed by atoms with Gasteiger partial charge in [0.05, 0.1) is 43.5 Å². The Morgan fingerprint density at radius 1 is 0.671 bits per heavy atom. The third-order valence-corrected chi connectivity index (χ3v) is 20.7. The Labute approximate surface area is 427 Å². The van der Waals surface area contributed by atoms with Gasteiger partial charge < -0.3 is 94.1 Å². The fraction of sp³-hybridized carbons (Fsp3) is 0.906. The Kier molecular flexibility index (Phi) is 15.7. The molecule has 0 unspecified atom stereocenters. The molecule has 0 amide bonds. The van der Waals surface area contributed by atoms with Crippen LogP contribution in [0.15, 0.2) is 23.8 Å².